The Labute approximate surface area is 136 Å². The minimum Gasteiger partial charge on any atom is -0.314 e. The number of sulfonamides is 1. The fraction of sp³-hybridized carbons (Fsp3) is 0.714. The number of thioether (sulfide) groups is 1. The molecule has 0 atom stereocenters. The van der Waals surface area contributed by atoms with Gasteiger partial charge >= 0.3 is 0 Å². The van der Waals surface area contributed by atoms with E-state index in [4.69, 9.17) is 0 Å². The predicted molar refractivity (Wildman–Crippen MR) is 91.8 cm³/mol. The molecule has 4 nitrogen and oxygen atoms in total. The molecule has 21 heavy (non-hydrogen) atoms. The average Bonchev–Trinajstić information content (AvgIpc) is 3.12. The van der Waals surface area contributed by atoms with Gasteiger partial charge in [-0.2, -0.15) is 11.8 Å². The van der Waals surface area contributed by atoms with Gasteiger partial charge in [-0.25, -0.2) is 13.1 Å². The smallest absolute Gasteiger partial charge is 0.250 e. The number of hydrogen-bond acceptors (Lipinski definition) is 5. The molecule has 2 N–H and O–H groups in total. The van der Waals surface area contributed by atoms with Crippen LogP contribution >= 0.6 is 23.1 Å². The summed E-state index contributed by atoms with van der Waals surface area (Å²) in [5.41, 5.74) is 0. The molecule has 2 rings (SSSR count). The lowest BCUT2D eigenvalue weighted by molar-refractivity contribution is 0.573. The van der Waals surface area contributed by atoms with Gasteiger partial charge in [0, 0.05) is 28.8 Å². The lowest BCUT2D eigenvalue weighted by Crippen LogP contribution is -2.35. The molecule has 1 saturated carbocycles. The zero-order valence-corrected chi connectivity index (χ0v) is 15.3. The molecule has 0 saturated heterocycles. The summed E-state index contributed by atoms with van der Waals surface area (Å²) in [5.74, 6) is 0. The lowest BCUT2D eigenvalue weighted by Gasteiger charge is -2.21. The fourth-order valence-corrected chi connectivity index (χ4v) is 4.66. The fourth-order valence-electron chi connectivity index (χ4n) is 1.74. The first kappa shape index (κ1) is 17.3. The van der Waals surface area contributed by atoms with Crippen molar-refractivity contribution in [1.82, 2.24) is 10.0 Å². The predicted octanol–water partition coefficient (Wildman–Crippen LogP) is 2.46. The quantitative estimate of drug-likeness (QED) is 0.720. The molecule has 0 radical (unpaired) electrons. The Morgan fingerprint density at radius 3 is 2.71 bits per heavy atom. The van der Waals surface area contributed by atoms with Crippen molar-refractivity contribution in [3.05, 3.63) is 17.0 Å². The monoisotopic (exact) mass is 348 g/mol. The molecule has 0 aromatic carbocycles. The Morgan fingerprint density at radius 1 is 1.38 bits per heavy atom. The SMILES string of the molecule is CSC(C)(C)CNS(=O)(=O)c1ccc(CCNC2CC2)s1. The van der Waals surface area contributed by atoms with Gasteiger partial charge in [-0.05, 0) is 51.5 Å². The van der Waals surface area contributed by atoms with E-state index in [0.717, 1.165) is 17.8 Å². The highest BCUT2D eigenvalue weighted by Gasteiger charge is 2.23. The largest absolute Gasteiger partial charge is 0.314 e. The number of hydrogen-bond donors (Lipinski definition) is 2. The van der Waals surface area contributed by atoms with E-state index >= 15 is 0 Å². The van der Waals surface area contributed by atoms with Gasteiger partial charge in [0.2, 0.25) is 10.0 Å². The topological polar surface area (TPSA) is 58.2 Å². The second-order valence-corrected chi connectivity index (χ2v) is 10.7. The van der Waals surface area contributed by atoms with Crippen LogP contribution in [0.2, 0.25) is 0 Å². The Bertz CT molecular complexity index is 563. The summed E-state index contributed by atoms with van der Waals surface area (Å²) in [6, 6.07) is 4.34. The standard InChI is InChI=1S/C14H24N2O2S3/c1-14(2,19-3)10-16-21(17,18)13-7-6-12(20-13)8-9-15-11-4-5-11/h6-7,11,15-16H,4-5,8-10H2,1-3H3. The van der Waals surface area contributed by atoms with Gasteiger partial charge in [0.25, 0.3) is 0 Å². The second kappa shape index (κ2) is 7.00. The third kappa shape index (κ3) is 5.56. The van der Waals surface area contributed by atoms with Gasteiger partial charge in [0.15, 0.2) is 0 Å². The third-order valence-corrected chi connectivity index (χ3v) is 7.81. The molecular formula is C14H24N2O2S3. The van der Waals surface area contributed by atoms with Crippen molar-refractivity contribution in [1.29, 1.82) is 0 Å². The van der Waals surface area contributed by atoms with Crippen LogP contribution in [0.15, 0.2) is 16.3 Å². The van der Waals surface area contributed by atoms with Gasteiger partial charge in [-0.3, -0.25) is 0 Å². The van der Waals surface area contributed by atoms with E-state index in [-0.39, 0.29) is 4.75 Å². The van der Waals surface area contributed by atoms with Crippen LogP contribution in [-0.4, -0.2) is 38.6 Å². The normalized spacial score (nSPS) is 16.3. The molecule has 7 heteroatoms. The van der Waals surface area contributed by atoms with Crippen molar-refractivity contribution in [3.63, 3.8) is 0 Å². The van der Waals surface area contributed by atoms with Gasteiger partial charge in [-0.15, -0.1) is 11.3 Å². The van der Waals surface area contributed by atoms with E-state index in [9.17, 15) is 8.42 Å². The van der Waals surface area contributed by atoms with Crippen molar-refractivity contribution < 1.29 is 8.42 Å². The van der Waals surface area contributed by atoms with E-state index in [1.54, 1.807) is 17.8 Å². The van der Waals surface area contributed by atoms with Crippen LogP contribution in [0, 0.1) is 0 Å². The van der Waals surface area contributed by atoms with Crippen molar-refractivity contribution in [3.8, 4) is 0 Å². The van der Waals surface area contributed by atoms with Crippen molar-refractivity contribution >= 4 is 33.1 Å². The van der Waals surface area contributed by atoms with Crippen molar-refractivity contribution in [2.45, 2.75) is 48.1 Å². The molecule has 0 amide bonds. The molecular weight excluding hydrogens is 324 g/mol. The summed E-state index contributed by atoms with van der Waals surface area (Å²) in [6.45, 7) is 5.43. The molecule has 0 unspecified atom stereocenters. The van der Waals surface area contributed by atoms with E-state index in [0.29, 0.717) is 16.8 Å². The Kier molecular flexibility index (Phi) is 5.76. The second-order valence-electron chi connectivity index (χ2n) is 5.99. The maximum atomic E-state index is 12.3. The number of nitrogens with one attached hydrogen (secondary N) is 2. The molecule has 1 fully saturated rings. The first-order valence-electron chi connectivity index (χ1n) is 7.19. The summed E-state index contributed by atoms with van der Waals surface area (Å²) in [5, 5.41) is 3.44. The zero-order valence-electron chi connectivity index (χ0n) is 12.8. The highest BCUT2D eigenvalue weighted by Crippen LogP contribution is 2.24. The number of rotatable bonds is 9. The molecule has 1 heterocycles. The van der Waals surface area contributed by atoms with Crippen LogP contribution in [0.4, 0.5) is 0 Å². The van der Waals surface area contributed by atoms with Crippen LogP contribution in [0.25, 0.3) is 0 Å². The minimum absolute atomic E-state index is 0.0959. The minimum atomic E-state index is -3.38. The van der Waals surface area contributed by atoms with Crippen LogP contribution < -0.4 is 10.0 Å². The number of thiophene rings is 1. The van der Waals surface area contributed by atoms with E-state index < -0.39 is 10.0 Å². The van der Waals surface area contributed by atoms with E-state index in [1.165, 1.54) is 24.2 Å². The third-order valence-electron chi connectivity index (χ3n) is 3.52. The highest BCUT2D eigenvalue weighted by atomic mass is 32.2. The van der Waals surface area contributed by atoms with Gasteiger partial charge in [0.1, 0.15) is 4.21 Å². The summed E-state index contributed by atoms with van der Waals surface area (Å²) >= 11 is 3.03. The summed E-state index contributed by atoms with van der Waals surface area (Å²) in [6.07, 6.45) is 5.44. The van der Waals surface area contributed by atoms with Gasteiger partial charge < -0.3 is 5.32 Å². The Balaban J connectivity index is 1.88. The van der Waals surface area contributed by atoms with Gasteiger partial charge in [-0.1, -0.05) is 0 Å². The first-order chi connectivity index (χ1) is 9.82. The summed E-state index contributed by atoms with van der Waals surface area (Å²) < 4.78 is 27.6. The molecule has 1 aromatic rings. The first-order valence-corrected chi connectivity index (χ1v) is 10.7. The zero-order chi connectivity index (χ0) is 15.5. The Hall–Kier alpha value is -0.0800. The van der Waals surface area contributed by atoms with E-state index in [1.807, 2.05) is 26.2 Å². The average molecular weight is 349 g/mol. The molecule has 0 bridgehead atoms. The Morgan fingerprint density at radius 2 is 2.10 bits per heavy atom. The summed E-state index contributed by atoms with van der Waals surface area (Å²) in [7, 11) is -3.38. The van der Waals surface area contributed by atoms with Crippen LogP contribution in [0.3, 0.4) is 0 Å². The molecule has 1 aliphatic carbocycles. The molecule has 1 aromatic heterocycles. The lowest BCUT2D eigenvalue weighted by atomic mass is 10.2. The molecule has 120 valence electrons. The molecule has 0 aliphatic heterocycles. The molecule has 1 aliphatic rings. The highest BCUT2D eigenvalue weighted by molar-refractivity contribution is 8.00. The maximum Gasteiger partial charge on any atom is 0.250 e. The maximum absolute atomic E-state index is 12.3. The van der Waals surface area contributed by atoms with Crippen molar-refractivity contribution in [2.75, 3.05) is 19.3 Å². The van der Waals surface area contributed by atoms with Crippen LogP contribution in [-0.2, 0) is 16.4 Å². The van der Waals surface area contributed by atoms with Crippen molar-refractivity contribution in [2.24, 2.45) is 0 Å². The van der Waals surface area contributed by atoms with E-state index in [2.05, 4.69) is 10.0 Å². The van der Waals surface area contributed by atoms with Crippen LogP contribution in [0.5, 0.6) is 0 Å². The molecule has 0 spiro atoms. The van der Waals surface area contributed by atoms with Crippen LogP contribution in [0.1, 0.15) is 31.6 Å². The van der Waals surface area contributed by atoms with Gasteiger partial charge in [0.05, 0.1) is 0 Å². The summed E-state index contributed by atoms with van der Waals surface area (Å²) in [4.78, 5) is 1.12.